The Kier molecular flexibility index (Phi) is 5.11. The highest BCUT2D eigenvalue weighted by molar-refractivity contribution is 6.31. The molecule has 1 saturated carbocycles. The average Bonchev–Trinajstić information content (AvgIpc) is 2.49. The van der Waals surface area contributed by atoms with Crippen LogP contribution in [0.15, 0.2) is 18.2 Å². The second kappa shape index (κ2) is 6.46. The van der Waals surface area contributed by atoms with Crippen LogP contribution in [0.3, 0.4) is 0 Å². The van der Waals surface area contributed by atoms with E-state index < -0.39 is 6.10 Å². The minimum absolute atomic E-state index is 0.176. The second-order valence-corrected chi connectivity index (χ2v) is 6.74. The molecule has 1 unspecified atom stereocenters. The zero-order chi connectivity index (χ0) is 14.8. The molecule has 0 bridgehead atoms. The highest BCUT2D eigenvalue weighted by Gasteiger charge is 2.40. The van der Waals surface area contributed by atoms with E-state index in [-0.39, 0.29) is 5.41 Å². The lowest BCUT2D eigenvalue weighted by Gasteiger charge is -2.43. The Hall–Kier alpha value is -0.570. The van der Waals surface area contributed by atoms with Crippen molar-refractivity contribution >= 4 is 11.6 Å². The van der Waals surface area contributed by atoms with E-state index in [1.54, 1.807) is 0 Å². The van der Waals surface area contributed by atoms with Gasteiger partial charge in [0.25, 0.3) is 0 Å². The summed E-state index contributed by atoms with van der Waals surface area (Å²) in [5.41, 5.74) is 7.81. The molecule has 0 aromatic heterocycles. The van der Waals surface area contributed by atoms with E-state index in [1.165, 1.54) is 19.3 Å². The van der Waals surface area contributed by atoms with Crippen LogP contribution in [-0.4, -0.2) is 11.7 Å². The fourth-order valence-electron chi connectivity index (χ4n) is 3.38. The summed E-state index contributed by atoms with van der Waals surface area (Å²) in [6.45, 7) is 4.76. The Labute approximate surface area is 127 Å². The maximum atomic E-state index is 10.8. The lowest BCUT2D eigenvalue weighted by molar-refractivity contribution is -0.0103. The smallest absolute Gasteiger partial charge is 0.0858 e. The molecule has 0 spiro atoms. The van der Waals surface area contributed by atoms with Gasteiger partial charge < -0.3 is 10.8 Å². The van der Waals surface area contributed by atoms with E-state index in [1.807, 2.05) is 25.1 Å². The van der Waals surface area contributed by atoms with Crippen LogP contribution in [0.1, 0.15) is 56.3 Å². The molecule has 3 heteroatoms. The number of nitrogens with two attached hydrogens (primary N) is 1. The Morgan fingerprint density at radius 2 is 2.05 bits per heavy atom. The summed E-state index contributed by atoms with van der Waals surface area (Å²) in [6.07, 6.45) is 5.08. The van der Waals surface area contributed by atoms with Gasteiger partial charge in [-0.2, -0.15) is 0 Å². The number of rotatable bonds is 4. The highest BCUT2D eigenvalue weighted by atomic mass is 35.5. The first kappa shape index (κ1) is 15.8. The molecule has 2 nitrogen and oxygen atoms in total. The summed E-state index contributed by atoms with van der Waals surface area (Å²) in [7, 11) is 0. The number of benzene rings is 1. The summed E-state index contributed by atoms with van der Waals surface area (Å²) < 4.78 is 0. The van der Waals surface area contributed by atoms with E-state index in [0.717, 1.165) is 34.9 Å². The van der Waals surface area contributed by atoms with Gasteiger partial charge in [0.05, 0.1) is 6.10 Å². The first-order chi connectivity index (χ1) is 9.52. The van der Waals surface area contributed by atoms with E-state index in [9.17, 15) is 5.11 Å². The third kappa shape index (κ3) is 3.03. The molecule has 1 fully saturated rings. The highest BCUT2D eigenvalue weighted by Crippen LogP contribution is 2.47. The topological polar surface area (TPSA) is 46.2 Å². The van der Waals surface area contributed by atoms with Crippen LogP contribution in [-0.2, 0) is 0 Å². The van der Waals surface area contributed by atoms with Crippen molar-refractivity contribution in [2.75, 3.05) is 6.54 Å². The summed E-state index contributed by atoms with van der Waals surface area (Å²) in [5.74, 6) is 0.795. The van der Waals surface area contributed by atoms with Gasteiger partial charge in [0, 0.05) is 17.0 Å². The number of aryl methyl sites for hydroxylation is 1. The zero-order valence-corrected chi connectivity index (χ0v) is 13.3. The van der Waals surface area contributed by atoms with Crippen LogP contribution >= 0.6 is 11.6 Å². The molecule has 3 N–H and O–H groups in total. The maximum absolute atomic E-state index is 10.8. The van der Waals surface area contributed by atoms with Gasteiger partial charge in [-0.05, 0) is 55.7 Å². The van der Waals surface area contributed by atoms with Crippen LogP contribution in [0.25, 0.3) is 0 Å². The van der Waals surface area contributed by atoms with E-state index in [0.29, 0.717) is 6.54 Å². The number of halogens is 1. The Bertz CT molecular complexity index is 452. The van der Waals surface area contributed by atoms with E-state index in [2.05, 4.69) is 6.92 Å². The minimum atomic E-state index is -0.511. The van der Waals surface area contributed by atoms with Gasteiger partial charge in [0.2, 0.25) is 0 Å². The van der Waals surface area contributed by atoms with Gasteiger partial charge in [-0.25, -0.2) is 0 Å². The first-order valence-electron chi connectivity index (χ1n) is 7.66. The molecule has 2 rings (SSSR count). The predicted molar refractivity (Wildman–Crippen MR) is 84.9 cm³/mol. The maximum Gasteiger partial charge on any atom is 0.0858 e. The number of hydrogen-bond acceptors (Lipinski definition) is 2. The second-order valence-electron chi connectivity index (χ2n) is 6.33. The molecule has 1 atom stereocenters. The molecule has 0 radical (unpaired) electrons. The predicted octanol–water partition coefficient (Wildman–Crippen LogP) is 4.23. The van der Waals surface area contributed by atoms with Crippen molar-refractivity contribution in [2.45, 2.75) is 52.1 Å². The van der Waals surface area contributed by atoms with Crippen molar-refractivity contribution in [3.63, 3.8) is 0 Å². The Morgan fingerprint density at radius 1 is 1.40 bits per heavy atom. The van der Waals surface area contributed by atoms with Crippen molar-refractivity contribution in [3.05, 3.63) is 34.3 Å². The molecular weight excluding hydrogens is 270 g/mol. The summed E-state index contributed by atoms with van der Waals surface area (Å²) in [5, 5.41) is 11.5. The quantitative estimate of drug-likeness (QED) is 0.873. The van der Waals surface area contributed by atoms with Crippen molar-refractivity contribution in [1.29, 1.82) is 0 Å². The van der Waals surface area contributed by atoms with Gasteiger partial charge in [0.1, 0.15) is 0 Å². The lowest BCUT2D eigenvalue weighted by atomic mass is 9.65. The zero-order valence-electron chi connectivity index (χ0n) is 12.5. The van der Waals surface area contributed by atoms with Crippen LogP contribution in [0.4, 0.5) is 0 Å². The fraction of sp³-hybridized carbons (Fsp3) is 0.647. The molecular formula is C17H26ClNO. The normalized spacial score (nSPS) is 28.4. The number of hydrogen-bond donors (Lipinski definition) is 2. The SMILES string of the molecule is CCC1CCC(CN)(C(O)c2ccc(C)c(Cl)c2)CC1. The average molecular weight is 296 g/mol. The minimum Gasteiger partial charge on any atom is -0.388 e. The van der Waals surface area contributed by atoms with Gasteiger partial charge in [0.15, 0.2) is 0 Å². The molecule has 1 aliphatic carbocycles. The molecule has 0 saturated heterocycles. The Balaban J connectivity index is 2.20. The molecule has 1 aliphatic rings. The monoisotopic (exact) mass is 295 g/mol. The largest absolute Gasteiger partial charge is 0.388 e. The van der Waals surface area contributed by atoms with Crippen LogP contribution in [0.5, 0.6) is 0 Å². The van der Waals surface area contributed by atoms with Crippen molar-refractivity contribution in [3.8, 4) is 0 Å². The van der Waals surface area contributed by atoms with Gasteiger partial charge in [-0.15, -0.1) is 0 Å². The van der Waals surface area contributed by atoms with Crippen molar-refractivity contribution in [1.82, 2.24) is 0 Å². The molecule has 20 heavy (non-hydrogen) atoms. The summed E-state index contributed by atoms with van der Waals surface area (Å²) in [6, 6.07) is 5.85. The third-order valence-corrected chi connectivity index (χ3v) is 5.58. The number of aliphatic hydroxyl groups is 1. The lowest BCUT2D eigenvalue weighted by Crippen LogP contribution is -2.40. The molecule has 1 aromatic rings. The van der Waals surface area contributed by atoms with Gasteiger partial charge in [-0.1, -0.05) is 37.1 Å². The van der Waals surface area contributed by atoms with Crippen molar-refractivity contribution in [2.24, 2.45) is 17.1 Å². The molecule has 112 valence electrons. The van der Waals surface area contributed by atoms with Gasteiger partial charge in [-0.3, -0.25) is 0 Å². The van der Waals surface area contributed by atoms with E-state index >= 15 is 0 Å². The van der Waals surface area contributed by atoms with Crippen LogP contribution in [0.2, 0.25) is 5.02 Å². The first-order valence-corrected chi connectivity index (χ1v) is 8.04. The Morgan fingerprint density at radius 3 is 2.55 bits per heavy atom. The molecule has 0 heterocycles. The van der Waals surface area contributed by atoms with Crippen LogP contribution in [0, 0.1) is 18.3 Å². The number of aliphatic hydroxyl groups excluding tert-OH is 1. The molecule has 1 aromatic carbocycles. The van der Waals surface area contributed by atoms with Crippen LogP contribution < -0.4 is 5.73 Å². The third-order valence-electron chi connectivity index (χ3n) is 5.18. The fourth-order valence-corrected chi connectivity index (χ4v) is 3.57. The summed E-state index contributed by atoms with van der Waals surface area (Å²) >= 11 is 6.19. The summed E-state index contributed by atoms with van der Waals surface area (Å²) in [4.78, 5) is 0. The van der Waals surface area contributed by atoms with Gasteiger partial charge >= 0.3 is 0 Å². The molecule has 0 amide bonds. The van der Waals surface area contributed by atoms with E-state index in [4.69, 9.17) is 17.3 Å². The van der Waals surface area contributed by atoms with Crippen molar-refractivity contribution < 1.29 is 5.11 Å². The molecule has 0 aliphatic heterocycles. The standard InChI is InChI=1S/C17H26ClNO/c1-3-13-6-8-17(11-19,9-7-13)16(20)14-5-4-12(2)15(18)10-14/h4-5,10,13,16,20H,3,6-9,11,19H2,1-2H3.